The highest BCUT2D eigenvalue weighted by molar-refractivity contribution is 7.80. The zero-order valence-electron chi connectivity index (χ0n) is 20.5. The first-order chi connectivity index (χ1) is 17.3. The fraction of sp³-hybridized carbons (Fsp3) is 0.560. The minimum atomic E-state index is -0.501. The molecule has 2 aromatic rings. The van der Waals surface area contributed by atoms with Crippen LogP contribution in [-0.4, -0.2) is 46.2 Å². The number of carbonyl (C=O) groups is 3. The van der Waals surface area contributed by atoms with E-state index in [0.29, 0.717) is 40.3 Å². The molecule has 0 saturated heterocycles. The summed E-state index contributed by atoms with van der Waals surface area (Å²) < 4.78 is 6.30. The lowest BCUT2D eigenvalue weighted by Gasteiger charge is -2.23. The molecule has 0 unspecified atom stereocenters. The minimum Gasteiger partial charge on any atom is -0.464 e. The van der Waals surface area contributed by atoms with Gasteiger partial charge in [0.05, 0.1) is 17.7 Å². The number of carbonyl (C=O) groups excluding carboxylic acids is 3. The lowest BCUT2D eigenvalue weighted by molar-refractivity contribution is -0.117. The molecule has 11 heteroatoms. The number of rotatable bonds is 9. The molecule has 5 rings (SSSR count). The molecule has 0 aliphatic heterocycles. The molecule has 0 spiro atoms. The second-order valence-electron chi connectivity index (χ2n) is 10.0. The van der Waals surface area contributed by atoms with Crippen molar-refractivity contribution >= 4 is 57.1 Å². The summed E-state index contributed by atoms with van der Waals surface area (Å²) in [6.07, 6.45) is 7.36. The molecule has 192 valence electrons. The van der Waals surface area contributed by atoms with Crippen LogP contribution in [0, 0.1) is 17.8 Å². The van der Waals surface area contributed by atoms with Crippen molar-refractivity contribution in [1.29, 1.82) is 0 Å². The van der Waals surface area contributed by atoms with Gasteiger partial charge in [-0.05, 0) is 62.3 Å². The van der Waals surface area contributed by atoms with E-state index in [4.69, 9.17) is 17.0 Å². The maximum Gasteiger partial charge on any atom is 0.358 e. The van der Waals surface area contributed by atoms with Crippen LogP contribution in [0.3, 0.4) is 0 Å². The van der Waals surface area contributed by atoms with Gasteiger partial charge in [-0.25, -0.2) is 4.79 Å². The summed E-state index contributed by atoms with van der Waals surface area (Å²) in [6.45, 7) is 0.690. The summed E-state index contributed by atoms with van der Waals surface area (Å²) in [5.74, 6) is 0.982. The van der Waals surface area contributed by atoms with Gasteiger partial charge in [-0.3, -0.25) is 14.3 Å². The van der Waals surface area contributed by atoms with E-state index in [0.717, 1.165) is 50.5 Å². The Balaban J connectivity index is 1.28. The average molecular weight is 530 g/mol. The van der Waals surface area contributed by atoms with E-state index >= 15 is 0 Å². The standard InChI is InChI=1S/C25H31N5O4S2/c1-30-19(11-17(29-30)25(33)34-2)27-20(35)10-14-5-8-18-16(9-14)21(23(32)26-12-13-3-4-13)24(36-18)28-22(31)15-6-7-15/h11,13-15H,3-10,12H2,1-2H3,(H,26,32)(H,27,35)(H,28,31)/t14-/m0/s1. The molecule has 3 aliphatic rings. The highest BCUT2D eigenvalue weighted by Gasteiger charge is 2.34. The van der Waals surface area contributed by atoms with E-state index in [1.54, 1.807) is 29.1 Å². The molecular weight excluding hydrogens is 498 g/mol. The van der Waals surface area contributed by atoms with Crippen molar-refractivity contribution < 1.29 is 19.1 Å². The zero-order valence-corrected chi connectivity index (χ0v) is 22.2. The third-order valence-corrected chi connectivity index (χ3v) is 8.52. The van der Waals surface area contributed by atoms with Crippen molar-refractivity contribution in [3.05, 3.63) is 27.8 Å². The molecule has 2 aromatic heterocycles. The van der Waals surface area contributed by atoms with Crippen molar-refractivity contribution in [3.8, 4) is 0 Å². The highest BCUT2D eigenvalue weighted by Crippen LogP contribution is 2.42. The molecule has 1 atom stereocenters. The van der Waals surface area contributed by atoms with Gasteiger partial charge < -0.3 is 20.7 Å². The maximum atomic E-state index is 13.2. The van der Waals surface area contributed by atoms with Crippen LogP contribution in [-0.2, 0) is 29.4 Å². The van der Waals surface area contributed by atoms with E-state index < -0.39 is 5.97 Å². The van der Waals surface area contributed by atoms with E-state index in [-0.39, 0.29) is 29.3 Å². The minimum absolute atomic E-state index is 0.0225. The number of ether oxygens (including phenoxy) is 1. The van der Waals surface area contributed by atoms with Gasteiger partial charge in [-0.2, -0.15) is 5.10 Å². The Labute approximate surface area is 219 Å². The molecule has 2 amide bonds. The second kappa shape index (κ2) is 10.3. The van der Waals surface area contributed by atoms with Crippen LogP contribution >= 0.6 is 23.6 Å². The second-order valence-corrected chi connectivity index (χ2v) is 11.6. The number of aryl methyl sites for hydroxylation is 2. The fourth-order valence-corrected chi connectivity index (χ4v) is 6.19. The lowest BCUT2D eigenvalue weighted by Crippen LogP contribution is -2.28. The molecule has 9 nitrogen and oxygen atoms in total. The number of nitrogens with zero attached hydrogens (tertiary/aromatic N) is 2. The van der Waals surface area contributed by atoms with Crippen LogP contribution < -0.4 is 16.0 Å². The highest BCUT2D eigenvalue weighted by atomic mass is 32.1. The van der Waals surface area contributed by atoms with Crippen LogP contribution in [0.25, 0.3) is 0 Å². The third-order valence-electron chi connectivity index (χ3n) is 7.04. The third kappa shape index (κ3) is 5.62. The molecule has 2 saturated carbocycles. The van der Waals surface area contributed by atoms with Gasteiger partial charge in [0.15, 0.2) is 5.69 Å². The monoisotopic (exact) mass is 529 g/mol. The van der Waals surface area contributed by atoms with Gasteiger partial charge in [0.1, 0.15) is 10.8 Å². The molecule has 0 aromatic carbocycles. The number of esters is 1. The lowest BCUT2D eigenvalue weighted by atomic mass is 9.84. The molecular formula is C25H31N5O4S2. The van der Waals surface area contributed by atoms with Gasteiger partial charge in [-0.15, -0.1) is 11.3 Å². The van der Waals surface area contributed by atoms with Gasteiger partial charge in [0.25, 0.3) is 5.91 Å². The Morgan fingerprint density at radius 3 is 2.64 bits per heavy atom. The first-order valence-corrected chi connectivity index (χ1v) is 13.7. The Kier molecular flexibility index (Phi) is 7.11. The van der Waals surface area contributed by atoms with Crippen molar-refractivity contribution in [1.82, 2.24) is 15.1 Å². The normalized spacial score (nSPS) is 18.8. The molecule has 2 heterocycles. The van der Waals surface area contributed by atoms with E-state index in [1.807, 2.05) is 0 Å². The number of hydrogen-bond acceptors (Lipinski definition) is 7. The maximum absolute atomic E-state index is 13.2. The van der Waals surface area contributed by atoms with Gasteiger partial charge in [0.2, 0.25) is 5.91 Å². The van der Waals surface area contributed by atoms with Crippen molar-refractivity contribution in [2.24, 2.45) is 24.8 Å². The summed E-state index contributed by atoms with van der Waals surface area (Å²) in [5.41, 5.74) is 1.91. The first-order valence-electron chi connectivity index (χ1n) is 12.5. The summed E-state index contributed by atoms with van der Waals surface area (Å²) in [4.78, 5) is 39.4. The topological polar surface area (TPSA) is 114 Å². The number of anilines is 2. The Morgan fingerprint density at radius 1 is 1.17 bits per heavy atom. The number of thiophene rings is 1. The summed E-state index contributed by atoms with van der Waals surface area (Å²) in [5, 5.41) is 14.2. The largest absolute Gasteiger partial charge is 0.464 e. The molecule has 0 radical (unpaired) electrons. The summed E-state index contributed by atoms with van der Waals surface area (Å²) in [7, 11) is 3.05. The SMILES string of the molecule is COC(=O)c1cc(NC(=S)C[C@H]2CCc3sc(NC(=O)C4CC4)c(C(=O)NCC4CC4)c3C2)n(C)n1. The van der Waals surface area contributed by atoms with Crippen molar-refractivity contribution in [2.45, 2.75) is 51.4 Å². The van der Waals surface area contributed by atoms with Gasteiger partial charge in [-0.1, -0.05) is 12.2 Å². The molecule has 3 N–H and O–H groups in total. The number of fused-ring (bicyclic) bond motifs is 1. The number of nitrogens with one attached hydrogen (secondary N) is 3. The molecule has 0 bridgehead atoms. The van der Waals surface area contributed by atoms with Gasteiger partial charge >= 0.3 is 5.97 Å². The van der Waals surface area contributed by atoms with Crippen molar-refractivity contribution in [2.75, 3.05) is 24.3 Å². The van der Waals surface area contributed by atoms with Crippen LogP contribution in [0.1, 0.15) is 69.8 Å². The fourth-order valence-electron chi connectivity index (χ4n) is 4.61. The molecule has 2 fully saturated rings. The predicted octanol–water partition coefficient (Wildman–Crippen LogP) is 3.69. The van der Waals surface area contributed by atoms with Crippen LogP contribution in [0.4, 0.5) is 10.8 Å². The predicted molar refractivity (Wildman–Crippen MR) is 142 cm³/mol. The van der Waals surface area contributed by atoms with E-state index in [1.165, 1.54) is 12.0 Å². The Morgan fingerprint density at radius 2 is 1.94 bits per heavy atom. The number of hydrogen-bond donors (Lipinski definition) is 3. The van der Waals surface area contributed by atoms with E-state index in [9.17, 15) is 14.4 Å². The molecule has 36 heavy (non-hydrogen) atoms. The number of aromatic nitrogens is 2. The van der Waals surface area contributed by atoms with Crippen LogP contribution in [0.5, 0.6) is 0 Å². The Bertz CT molecular complexity index is 1210. The van der Waals surface area contributed by atoms with Crippen LogP contribution in [0.15, 0.2) is 6.07 Å². The average Bonchev–Trinajstić information content (AvgIpc) is 3.78. The van der Waals surface area contributed by atoms with Crippen LogP contribution in [0.2, 0.25) is 0 Å². The molecule has 3 aliphatic carbocycles. The first kappa shape index (κ1) is 24.9. The van der Waals surface area contributed by atoms with Gasteiger partial charge in [0, 0.05) is 36.9 Å². The number of thiocarbonyl (C=S) groups is 1. The summed E-state index contributed by atoms with van der Waals surface area (Å²) in [6, 6.07) is 1.62. The number of amides is 2. The smallest absolute Gasteiger partial charge is 0.358 e. The van der Waals surface area contributed by atoms with E-state index in [2.05, 4.69) is 21.0 Å². The summed E-state index contributed by atoms with van der Waals surface area (Å²) >= 11 is 7.19. The Hall–Kier alpha value is -2.79. The zero-order chi connectivity index (χ0) is 25.4. The number of methoxy groups -OCH3 is 1. The quantitative estimate of drug-likeness (QED) is 0.335. The van der Waals surface area contributed by atoms with Crippen molar-refractivity contribution in [3.63, 3.8) is 0 Å².